The van der Waals surface area contributed by atoms with E-state index in [2.05, 4.69) is 18.3 Å². The molecule has 0 radical (unpaired) electrons. The van der Waals surface area contributed by atoms with Gasteiger partial charge in [0.25, 0.3) is 0 Å². The van der Waals surface area contributed by atoms with Crippen LogP contribution in [0.2, 0.25) is 5.02 Å². The van der Waals surface area contributed by atoms with Crippen LogP contribution in [0, 0.1) is 5.92 Å². The zero-order chi connectivity index (χ0) is 12.7. The normalized spacial score (nSPS) is 12.5. The van der Waals surface area contributed by atoms with Gasteiger partial charge < -0.3 is 10.1 Å². The van der Waals surface area contributed by atoms with Crippen LogP contribution in [0.5, 0.6) is 5.75 Å². The summed E-state index contributed by atoms with van der Waals surface area (Å²) in [5.41, 5.74) is 1.21. The molecule has 0 aliphatic heterocycles. The van der Waals surface area contributed by atoms with Crippen molar-refractivity contribution in [2.75, 3.05) is 20.7 Å². The van der Waals surface area contributed by atoms with Crippen molar-refractivity contribution in [2.24, 2.45) is 5.92 Å². The highest BCUT2D eigenvalue weighted by Crippen LogP contribution is 2.24. The monoisotopic (exact) mass is 255 g/mol. The molecule has 0 saturated heterocycles. The van der Waals surface area contributed by atoms with Crippen molar-refractivity contribution in [1.29, 1.82) is 0 Å². The first-order chi connectivity index (χ1) is 8.17. The molecular weight excluding hydrogens is 234 g/mol. The summed E-state index contributed by atoms with van der Waals surface area (Å²) in [5.74, 6) is 1.54. The van der Waals surface area contributed by atoms with Gasteiger partial charge in [-0.15, -0.1) is 0 Å². The molecule has 2 nitrogen and oxygen atoms in total. The van der Waals surface area contributed by atoms with E-state index in [1.807, 2.05) is 19.2 Å². The number of aryl methyl sites for hydroxylation is 1. The molecule has 0 aliphatic carbocycles. The van der Waals surface area contributed by atoms with Gasteiger partial charge in [-0.25, -0.2) is 0 Å². The molecule has 1 N–H and O–H groups in total. The number of hydrogen-bond donors (Lipinski definition) is 1. The van der Waals surface area contributed by atoms with Gasteiger partial charge in [0.1, 0.15) is 5.75 Å². The van der Waals surface area contributed by atoms with Gasteiger partial charge >= 0.3 is 0 Å². The van der Waals surface area contributed by atoms with Gasteiger partial charge in [-0.05, 0) is 56.5 Å². The van der Waals surface area contributed by atoms with Crippen molar-refractivity contribution in [2.45, 2.75) is 26.2 Å². The van der Waals surface area contributed by atoms with E-state index in [-0.39, 0.29) is 0 Å². The highest BCUT2D eigenvalue weighted by atomic mass is 35.5. The van der Waals surface area contributed by atoms with Crippen LogP contribution in [0.4, 0.5) is 0 Å². The average molecular weight is 256 g/mol. The summed E-state index contributed by atoms with van der Waals surface area (Å²) in [6, 6.07) is 5.92. The van der Waals surface area contributed by atoms with Gasteiger partial charge in [-0.3, -0.25) is 0 Å². The third-order valence-corrected chi connectivity index (χ3v) is 3.41. The highest BCUT2D eigenvalue weighted by molar-refractivity contribution is 6.31. The second-order valence-electron chi connectivity index (χ2n) is 4.49. The zero-order valence-electron chi connectivity index (χ0n) is 10.9. The van der Waals surface area contributed by atoms with Crippen LogP contribution in [0.15, 0.2) is 18.2 Å². The van der Waals surface area contributed by atoms with Crippen LogP contribution in [0.1, 0.15) is 25.3 Å². The number of ether oxygens (including phenoxy) is 1. The van der Waals surface area contributed by atoms with E-state index in [1.165, 1.54) is 18.4 Å². The van der Waals surface area contributed by atoms with Gasteiger partial charge in [0.15, 0.2) is 0 Å². The lowest BCUT2D eigenvalue weighted by atomic mass is 9.98. The molecule has 0 spiro atoms. The minimum Gasteiger partial charge on any atom is -0.497 e. The number of nitrogens with one attached hydrogen (secondary N) is 1. The summed E-state index contributed by atoms with van der Waals surface area (Å²) in [4.78, 5) is 0. The molecule has 1 atom stereocenters. The maximum atomic E-state index is 6.20. The Morgan fingerprint density at radius 3 is 2.71 bits per heavy atom. The van der Waals surface area contributed by atoms with Crippen molar-refractivity contribution in [3.8, 4) is 5.75 Å². The van der Waals surface area contributed by atoms with Crippen LogP contribution in [-0.2, 0) is 6.42 Å². The van der Waals surface area contributed by atoms with Crippen LogP contribution < -0.4 is 10.1 Å². The van der Waals surface area contributed by atoms with E-state index in [0.29, 0.717) is 0 Å². The third-order valence-electron chi connectivity index (χ3n) is 3.05. The smallest absolute Gasteiger partial charge is 0.120 e. The molecule has 0 aliphatic rings. The van der Waals surface area contributed by atoms with Crippen LogP contribution in [-0.4, -0.2) is 20.7 Å². The van der Waals surface area contributed by atoms with E-state index in [1.54, 1.807) is 7.11 Å². The minimum absolute atomic E-state index is 0.723. The molecular formula is C14H22ClNO. The first-order valence-electron chi connectivity index (χ1n) is 6.14. The predicted octanol–water partition coefficient (Wildman–Crippen LogP) is 3.53. The third kappa shape index (κ3) is 4.97. The fourth-order valence-corrected chi connectivity index (χ4v) is 2.06. The fourth-order valence-electron chi connectivity index (χ4n) is 1.79. The topological polar surface area (TPSA) is 21.3 Å². The SMILES string of the molecule is CNCCC(C)CCc1ccc(OC)cc1Cl. The van der Waals surface area contributed by atoms with Crippen LogP contribution >= 0.6 is 11.6 Å². The largest absolute Gasteiger partial charge is 0.497 e. The van der Waals surface area contributed by atoms with Crippen molar-refractivity contribution >= 4 is 11.6 Å². The molecule has 1 rings (SSSR count). The number of benzene rings is 1. The minimum atomic E-state index is 0.723. The molecule has 0 amide bonds. The van der Waals surface area contributed by atoms with Gasteiger partial charge in [0.05, 0.1) is 7.11 Å². The Labute approximate surface area is 109 Å². The number of methoxy groups -OCH3 is 1. The molecule has 1 unspecified atom stereocenters. The molecule has 0 bridgehead atoms. The van der Waals surface area contributed by atoms with E-state index < -0.39 is 0 Å². The van der Waals surface area contributed by atoms with Gasteiger partial charge in [-0.1, -0.05) is 24.6 Å². The number of hydrogen-bond acceptors (Lipinski definition) is 2. The maximum absolute atomic E-state index is 6.20. The van der Waals surface area contributed by atoms with E-state index in [0.717, 1.165) is 29.7 Å². The Bertz CT molecular complexity index is 341. The summed E-state index contributed by atoms with van der Waals surface area (Å²) < 4.78 is 5.14. The lowest BCUT2D eigenvalue weighted by Gasteiger charge is -2.12. The zero-order valence-corrected chi connectivity index (χ0v) is 11.7. The summed E-state index contributed by atoms with van der Waals surface area (Å²) in [7, 11) is 3.65. The lowest BCUT2D eigenvalue weighted by Crippen LogP contribution is -2.11. The van der Waals surface area contributed by atoms with Gasteiger partial charge in [0, 0.05) is 5.02 Å². The predicted molar refractivity (Wildman–Crippen MR) is 74.0 cm³/mol. The Morgan fingerprint density at radius 1 is 1.35 bits per heavy atom. The Balaban J connectivity index is 2.46. The van der Waals surface area contributed by atoms with E-state index in [4.69, 9.17) is 16.3 Å². The first kappa shape index (κ1) is 14.3. The van der Waals surface area contributed by atoms with Crippen molar-refractivity contribution in [3.63, 3.8) is 0 Å². The molecule has 96 valence electrons. The Morgan fingerprint density at radius 2 is 2.12 bits per heavy atom. The highest BCUT2D eigenvalue weighted by Gasteiger charge is 2.06. The van der Waals surface area contributed by atoms with Crippen molar-refractivity contribution < 1.29 is 4.74 Å². The summed E-state index contributed by atoms with van der Waals surface area (Å²) in [5, 5.41) is 3.99. The Hall–Kier alpha value is -0.730. The molecule has 0 fully saturated rings. The van der Waals surface area contributed by atoms with Gasteiger partial charge in [0.2, 0.25) is 0 Å². The fraction of sp³-hybridized carbons (Fsp3) is 0.571. The molecule has 1 aromatic carbocycles. The quantitative estimate of drug-likeness (QED) is 0.805. The lowest BCUT2D eigenvalue weighted by molar-refractivity contribution is 0.414. The Kier molecular flexibility index (Phi) is 6.38. The van der Waals surface area contributed by atoms with E-state index >= 15 is 0 Å². The summed E-state index contributed by atoms with van der Waals surface area (Å²) in [6.07, 6.45) is 3.42. The van der Waals surface area contributed by atoms with Crippen LogP contribution in [0.3, 0.4) is 0 Å². The second kappa shape index (κ2) is 7.57. The molecule has 0 saturated carbocycles. The van der Waals surface area contributed by atoms with Crippen molar-refractivity contribution in [1.82, 2.24) is 5.32 Å². The van der Waals surface area contributed by atoms with Crippen molar-refractivity contribution in [3.05, 3.63) is 28.8 Å². The molecule has 3 heteroatoms. The molecule has 17 heavy (non-hydrogen) atoms. The first-order valence-corrected chi connectivity index (χ1v) is 6.52. The summed E-state index contributed by atoms with van der Waals surface area (Å²) in [6.45, 7) is 3.37. The standard InChI is InChI=1S/C14H22ClNO/c1-11(8-9-16-2)4-5-12-6-7-13(17-3)10-14(12)15/h6-7,10-11,16H,4-5,8-9H2,1-3H3. The molecule has 0 aromatic heterocycles. The van der Waals surface area contributed by atoms with E-state index in [9.17, 15) is 0 Å². The molecule has 1 aromatic rings. The summed E-state index contributed by atoms with van der Waals surface area (Å²) >= 11 is 6.20. The maximum Gasteiger partial charge on any atom is 0.120 e. The average Bonchev–Trinajstić information content (AvgIpc) is 2.34. The number of halogens is 1. The number of rotatable bonds is 7. The molecule has 0 heterocycles. The second-order valence-corrected chi connectivity index (χ2v) is 4.90. The van der Waals surface area contributed by atoms with Crippen LogP contribution in [0.25, 0.3) is 0 Å². The van der Waals surface area contributed by atoms with Gasteiger partial charge in [-0.2, -0.15) is 0 Å².